The maximum Gasteiger partial charge on any atom is 0.185 e. The Kier molecular flexibility index (Phi) is 6.39. The molecule has 0 heterocycles. The number of allylic oxidation sites excluding steroid dienone is 1. The zero-order valence-electron chi connectivity index (χ0n) is 13.3. The zero-order valence-corrected chi connectivity index (χ0v) is 13.3. The third-order valence-corrected chi connectivity index (χ3v) is 3.20. The minimum absolute atomic E-state index is 0.0744. The van der Waals surface area contributed by atoms with Crippen molar-refractivity contribution < 1.29 is 19.0 Å². The Morgan fingerprint density at radius 2 is 1.78 bits per heavy atom. The van der Waals surface area contributed by atoms with E-state index in [2.05, 4.69) is 0 Å². The lowest BCUT2D eigenvalue weighted by Gasteiger charge is -2.05. The summed E-state index contributed by atoms with van der Waals surface area (Å²) in [5, 5.41) is 0. The third-order valence-electron chi connectivity index (χ3n) is 3.20. The van der Waals surface area contributed by atoms with Gasteiger partial charge in [0.15, 0.2) is 5.78 Å². The molecule has 0 radical (unpaired) electrons. The highest BCUT2D eigenvalue weighted by atomic mass is 16.5. The van der Waals surface area contributed by atoms with Crippen LogP contribution in [0.3, 0.4) is 0 Å². The fourth-order valence-electron chi connectivity index (χ4n) is 2.00. The van der Waals surface area contributed by atoms with Gasteiger partial charge in [0, 0.05) is 12.7 Å². The molecule has 0 aromatic heterocycles. The summed E-state index contributed by atoms with van der Waals surface area (Å²) in [5.74, 6) is 1.34. The van der Waals surface area contributed by atoms with Gasteiger partial charge in [-0.15, -0.1) is 0 Å². The SMILES string of the molecule is COCCOc1cccc(C=CC(=O)c2cccc(OC)c2)c1. The predicted octanol–water partition coefficient (Wildman–Crippen LogP) is 3.62. The molecular weight excluding hydrogens is 292 g/mol. The number of hydrogen-bond donors (Lipinski definition) is 0. The molecule has 0 aliphatic carbocycles. The fourth-order valence-corrected chi connectivity index (χ4v) is 2.00. The van der Waals surface area contributed by atoms with Gasteiger partial charge >= 0.3 is 0 Å². The average Bonchev–Trinajstić information content (AvgIpc) is 2.60. The number of carbonyl (C=O) groups is 1. The van der Waals surface area contributed by atoms with Gasteiger partial charge in [-0.25, -0.2) is 0 Å². The third kappa shape index (κ3) is 5.27. The van der Waals surface area contributed by atoms with Crippen LogP contribution in [0.2, 0.25) is 0 Å². The predicted molar refractivity (Wildman–Crippen MR) is 90.2 cm³/mol. The van der Waals surface area contributed by atoms with Crippen molar-refractivity contribution >= 4 is 11.9 Å². The highest BCUT2D eigenvalue weighted by Crippen LogP contribution is 2.16. The minimum Gasteiger partial charge on any atom is -0.497 e. The molecule has 2 aromatic rings. The second-order valence-corrected chi connectivity index (χ2v) is 4.84. The van der Waals surface area contributed by atoms with Crippen molar-refractivity contribution in [2.45, 2.75) is 0 Å². The van der Waals surface area contributed by atoms with Crippen LogP contribution in [0.4, 0.5) is 0 Å². The van der Waals surface area contributed by atoms with Gasteiger partial charge in [-0.2, -0.15) is 0 Å². The molecule has 120 valence electrons. The molecule has 0 fully saturated rings. The summed E-state index contributed by atoms with van der Waals surface area (Å²) in [7, 11) is 3.21. The zero-order chi connectivity index (χ0) is 16.5. The molecular formula is C19H20O4. The van der Waals surface area contributed by atoms with Gasteiger partial charge in [-0.1, -0.05) is 30.3 Å². The summed E-state index contributed by atoms with van der Waals surface area (Å²) in [6, 6.07) is 14.6. The lowest BCUT2D eigenvalue weighted by atomic mass is 10.1. The number of ketones is 1. The van der Waals surface area contributed by atoms with Crippen molar-refractivity contribution in [3.8, 4) is 11.5 Å². The van der Waals surface area contributed by atoms with E-state index in [0.29, 0.717) is 24.5 Å². The number of benzene rings is 2. The molecule has 23 heavy (non-hydrogen) atoms. The molecule has 0 saturated heterocycles. The van der Waals surface area contributed by atoms with Crippen LogP contribution in [0.25, 0.3) is 6.08 Å². The first-order valence-corrected chi connectivity index (χ1v) is 7.31. The normalized spacial score (nSPS) is 10.7. The van der Waals surface area contributed by atoms with Crippen LogP contribution in [0.15, 0.2) is 54.6 Å². The van der Waals surface area contributed by atoms with Gasteiger partial charge in [0.1, 0.15) is 18.1 Å². The van der Waals surface area contributed by atoms with Gasteiger partial charge in [-0.3, -0.25) is 4.79 Å². The van der Waals surface area contributed by atoms with Crippen molar-refractivity contribution in [2.75, 3.05) is 27.4 Å². The largest absolute Gasteiger partial charge is 0.497 e. The maximum atomic E-state index is 12.2. The molecule has 0 aliphatic heterocycles. The van der Waals surface area contributed by atoms with E-state index in [-0.39, 0.29) is 5.78 Å². The summed E-state index contributed by atoms with van der Waals surface area (Å²) < 4.78 is 15.6. The van der Waals surface area contributed by atoms with Crippen molar-refractivity contribution in [2.24, 2.45) is 0 Å². The Morgan fingerprint density at radius 1 is 1.00 bits per heavy atom. The molecule has 0 saturated carbocycles. The molecule has 0 spiro atoms. The van der Waals surface area contributed by atoms with Crippen LogP contribution in [-0.2, 0) is 4.74 Å². The average molecular weight is 312 g/mol. The quantitative estimate of drug-likeness (QED) is 0.424. The molecule has 0 bridgehead atoms. The molecule has 2 aromatic carbocycles. The van der Waals surface area contributed by atoms with E-state index >= 15 is 0 Å². The van der Waals surface area contributed by atoms with E-state index in [9.17, 15) is 4.79 Å². The van der Waals surface area contributed by atoms with E-state index in [0.717, 1.165) is 11.3 Å². The van der Waals surface area contributed by atoms with Crippen molar-refractivity contribution in [3.63, 3.8) is 0 Å². The van der Waals surface area contributed by atoms with Crippen molar-refractivity contribution in [1.29, 1.82) is 0 Å². The van der Waals surface area contributed by atoms with Gasteiger partial charge < -0.3 is 14.2 Å². The Morgan fingerprint density at radius 3 is 2.57 bits per heavy atom. The Labute approximate surface area is 136 Å². The summed E-state index contributed by atoms with van der Waals surface area (Å²) in [6.07, 6.45) is 3.31. The number of ether oxygens (including phenoxy) is 3. The van der Waals surface area contributed by atoms with E-state index in [4.69, 9.17) is 14.2 Å². The topological polar surface area (TPSA) is 44.8 Å². The van der Waals surface area contributed by atoms with Crippen LogP contribution < -0.4 is 9.47 Å². The van der Waals surface area contributed by atoms with Gasteiger partial charge in [0.2, 0.25) is 0 Å². The fraction of sp³-hybridized carbons (Fsp3) is 0.211. The maximum absolute atomic E-state index is 12.2. The second kappa shape index (κ2) is 8.76. The van der Waals surface area contributed by atoms with Crippen LogP contribution in [0.1, 0.15) is 15.9 Å². The molecule has 0 unspecified atom stereocenters. The number of methoxy groups -OCH3 is 2. The summed E-state index contributed by atoms with van der Waals surface area (Å²) in [4.78, 5) is 12.2. The van der Waals surface area contributed by atoms with Crippen LogP contribution in [-0.4, -0.2) is 33.2 Å². The molecule has 4 nitrogen and oxygen atoms in total. The van der Waals surface area contributed by atoms with Crippen LogP contribution in [0.5, 0.6) is 11.5 Å². The van der Waals surface area contributed by atoms with E-state index in [1.807, 2.05) is 24.3 Å². The van der Waals surface area contributed by atoms with Gasteiger partial charge in [-0.05, 0) is 35.9 Å². The number of hydrogen-bond acceptors (Lipinski definition) is 4. The summed E-state index contributed by atoms with van der Waals surface area (Å²) in [6.45, 7) is 1.03. The van der Waals surface area contributed by atoms with Crippen LogP contribution in [0, 0.1) is 0 Å². The Hall–Kier alpha value is -2.59. The highest BCUT2D eigenvalue weighted by molar-refractivity contribution is 6.07. The van der Waals surface area contributed by atoms with Crippen molar-refractivity contribution in [1.82, 2.24) is 0 Å². The second-order valence-electron chi connectivity index (χ2n) is 4.84. The van der Waals surface area contributed by atoms with Gasteiger partial charge in [0.25, 0.3) is 0 Å². The van der Waals surface area contributed by atoms with E-state index in [1.54, 1.807) is 50.6 Å². The minimum atomic E-state index is -0.0744. The first-order chi connectivity index (χ1) is 11.2. The standard InChI is InChI=1S/C19H20O4/c1-21-11-12-23-18-8-3-5-15(13-18)9-10-19(20)16-6-4-7-17(14-16)22-2/h3-10,13-14H,11-12H2,1-2H3. The Bertz CT molecular complexity index is 677. The van der Waals surface area contributed by atoms with Crippen LogP contribution >= 0.6 is 0 Å². The molecule has 0 N–H and O–H groups in total. The lowest BCUT2D eigenvalue weighted by molar-refractivity contribution is 0.104. The molecule has 0 aliphatic rings. The Balaban J connectivity index is 2.04. The number of rotatable bonds is 8. The van der Waals surface area contributed by atoms with E-state index in [1.165, 1.54) is 0 Å². The molecule has 0 atom stereocenters. The lowest BCUT2D eigenvalue weighted by Crippen LogP contribution is -2.04. The first-order valence-electron chi connectivity index (χ1n) is 7.31. The monoisotopic (exact) mass is 312 g/mol. The summed E-state index contributed by atoms with van der Waals surface area (Å²) in [5.41, 5.74) is 1.49. The first kappa shape index (κ1) is 16.8. The van der Waals surface area contributed by atoms with Crippen molar-refractivity contribution in [3.05, 3.63) is 65.7 Å². The number of carbonyl (C=O) groups excluding carboxylic acids is 1. The molecule has 4 heteroatoms. The van der Waals surface area contributed by atoms with Gasteiger partial charge in [0.05, 0.1) is 13.7 Å². The molecule has 2 rings (SSSR count). The van der Waals surface area contributed by atoms with E-state index < -0.39 is 0 Å². The summed E-state index contributed by atoms with van der Waals surface area (Å²) >= 11 is 0. The highest BCUT2D eigenvalue weighted by Gasteiger charge is 2.03. The molecule has 0 amide bonds. The smallest absolute Gasteiger partial charge is 0.185 e.